The molecule has 206 valence electrons. The van der Waals surface area contributed by atoms with Crippen molar-refractivity contribution in [3.05, 3.63) is 131 Å². The fourth-order valence-electron chi connectivity index (χ4n) is 3.84. The molecule has 0 atom stereocenters. The molecular formula is C30H30N4O4S2. The third-order valence-electron chi connectivity index (χ3n) is 5.90. The van der Waals surface area contributed by atoms with Crippen LogP contribution in [0, 0.1) is 0 Å². The highest BCUT2D eigenvalue weighted by Crippen LogP contribution is 2.17. The van der Waals surface area contributed by atoms with E-state index >= 15 is 0 Å². The Morgan fingerprint density at radius 3 is 1.18 bits per heavy atom. The molecule has 40 heavy (non-hydrogen) atoms. The van der Waals surface area contributed by atoms with Crippen molar-refractivity contribution in [2.45, 2.75) is 25.4 Å². The van der Waals surface area contributed by atoms with Crippen LogP contribution in [0.25, 0.3) is 0 Å². The number of benzene rings is 4. The van der Waals surface area contributed by atoms with Crippen molar-refractivity contribution < 1.29 is 16.8 Å². The minimum Gasteiger partial charge on any atom is -0.283 e. The maximum absolute atomic E-state index is 12.5. The summed E-state index contributed by atoms with van der Waals surface area (Å²) in [7, 11) is -7.08. The molecule has 4 aromatic rings. The highest BCUT2D eigenvalue weighted by Gasteiger charge is 2.13. The van der Waals surface area contributed by atoms with Gasteiger partial charge in [-0.15, -0.1) is 0 Å². The summed E-state index contributed by atoms with van der Waals surface area (Å²) in [5, 5.41) is 8.63. The molecule has 8 nitrogen and oxygen atoms in total. The van der Waals surface area contributed by atoms with Crippen LogP contribution >= 0.6 is 0 Å². The van der Waals surface area contributed by atoms with Crippen LogP contribution in [-0.2, 0) is 31.6 Å². The molecule has 4 rings (SSSR count). The van der Waals surface area contributed by atoms with Gasteiger partial charge in [0, 0.05) is 11.4 Å². The molecule has 0 fully saturated rings. The van der Waals surface area contributed by atoms with Crippen LogP contribution in [0.4, 0.5) is 11.4 Å². The number of nitrogens with one attached hydrogen (secondary N) is 2. The zero-order valence-corrected chi connectivity index (χ0v) is 23.8. The van der Waals surface area contributed by atoms with Gasteiger partial charge < -0.3 is 0 Å². The quantitative estimate of drug-likeness (QED) is 0.174. The zero-order valence-electron chi connectivity index (χ0n) is 22.2. The van der Waals surface area contributed by atoms with Crippen molar-refractivity contribution in [1.29, 1.82) is 0 Å². The first-order valence-electron chi connectivity index (χ1n) is 12.5. The van der Waals surface area contributed by atoms with Gasteiger partial charge in [0.15, 0.2) is 0 Å². The average molecular weight is 575 g/mol. The number of hydrogen-bond donors (Lipinski definition) is 2. The van der Waals surface area contributed by atoms with E-state index in [4.69, 9.17) is 0 Å². The summed E-state index contributed by atoms with van der Waals surface area (Å²) in [6, 6.07) is 31.8. The van der Waals surface area contributed by atoms with E-state index in [2.05, 4.69) is 19.6 Å². The van der Waals surface area contributed by atoms with Crippen LogP contribution in [-0.4, -0.2) is 28.3 Å². The summed E-state index contributed by atoms with van der Waals surface area (Å²) in [6.07, 6.45) is 0. The molecule has 0 aromatic heterocycles. The molecule has 0 amide bonds. The fraction of sp³-hybridized carbons (Fsp3) is 0.133. The summed E-state index contributed by atoms with van der Waals surface area (Å²) in [5.41, 5.74) is 5.25. The first-order valence-corrected chi connectivity index (χ1v) is 15.8. The van der Waals surface area contributed by atoms with Gasteiger partial charge in [0.25, 0.3) is 0 Å². The highest BCUT2D eigenvalue weighted by atomic mass is 32.2. The first-order chi connectivity index (χ1) is 19.1. The molecular weight excluding hydrogens is 544 g/mol. The van der Waals surface area contributed by atoms with Crippen LogP contribution in [0.5, 0.6) is 0 Å². The van der Waals surface area contributed by atoms with Crippen LogP contribution in [0.2, 0.25) is 0 Å². The summed E-state index contributed by atoms with van der Waals surface area (Å²) in [4.78, 5) is 0. The van der Waals surface area contributed by atoms with Gasteiger partial charge in [0.1, 0.15) is 0 Å². The van der Waals surface area contributed by atoms with E-state index in [1.54, 1.807) is 97.1 Å². The fourth-order valence-corrected chi connectivity index (χ4v) is 6.24. The topological polar surface area (TPSA) is 117 Å². The van der Waals surface area contributed by atoms with Gasteiger partial charge in [-0.3, -0.25) is 9.44 Å². The van der Waals surface area contributed by atoms with Gasteiger partial charge in [-0.05, 0) is 60.4 Å². The Hall–Kier alpha value is -4.28. The third kappa shape index (κ3) is 8.62. The molecule has 0 heterocycles. The number of rotatable bonds is 11. The lowest BCUT2D eigenvalue weighted by atomic mass is 10.1. The maximum atomic E-state index is 12.5. The van der Waals surface area contributed by atoms with Crippen molar-refractivity contribution in [2.24, 2.45) is 10.2 Å². The predicted octanol–water partition coefficient (Wildman–Crippen LogP) is 5.80. The van der Waals surface area contributed by atoms with Crippen molar-refractivity contribution in [2.75, 3.05) is 9.44 Å². The monoisotopic (exact) mass is 574 g/mol. The Bertz CT molecular complexity index is 1570. The lowest BCUT2D eigenvalue weighted by Crippen LogP contribution is -2.15. The summed E-state index contributed by atoms with van der Waals surface area (Å²) in [6.45, 7) is 3.63. The molecule has 2 N–H and O–H groups in total. The predicted molar refractivity (Wildman–Crippen MR) is 163 cm³/mol. The minimum absolute atomic E-state index is 0.107. The normalized spacial score (nSPS) is 12.7. The molecule has 0 aliphatic carbocycles. The molecule has 0 aliphatic rings. The summed E-state index contributed by atoms with van der Waals surface area (Å²) >= 11 is 0. The van der Waals surface area contributed by atoms with Crippen molar-refractivity contribution in [1.82, 2.24) is 0 Å². The molecule has 0 radical (unpaired) electrons. The molecule has 0 bridgehead atoms. The Balaban J connectivity index is 1.36. The van der Waals surface area contributed by atoms with E-state index in [9.17, 15) is 16.8 Å². The second-order valence-electron chi connectivity index (χ2n) is 9.22. The summed E-state index contributed by atoms with van der Waals surface area (Å²) in [5.74, 6) is -0.213. The van der Waals surface area contributed by atoms with Crippen molar-refractivity contribution in [3.63, 3.8) is 0 Å². The van der Waals surface area contributed by atoms with Gasteiger partial charge in [-0.2, -0.15) is 10.2 Å². The lowest BCUT2D eigenvalue weighted by Gasteiger charge is -2.09. The molecule has 0 saturated carbocycles. The Kier molecular flexibility index (Phi) is 9.13. The van der Waals surface area contributed by atoms with Crippen LogP contribution in [0.1, 0.15) is 36.1 Å². The average Bonchev–Trinajstić information content (AvgIpc) is 2.92. The van der Waals surface area contributed by atoms with E-state index in [0.717, 1.165) is 11.1 Å². The second-order valence-corrected chi connectivity index (χ2v) is 12.7. The Morgan fingerprint density at radius 2 is 0.850 bits per heavy atom. The van der Waals surface area contributed by atoms with Gasteiger partial charge in [-0.25, -0.2) is 16.8 Å². The third-order valence-corrected chi connectivity index (χ3v) is 8.42. The molecule has 4 aromatic carbocycles. The molecule has 0 aliphatic heterocycles. The largest absolute Gasteiger partial charge is 0.283 e. The standard InChI is InChI=1S/C30H30N4O4S2/c1-23(27-13-17-29(18-14-27)33-39(35,36)21-25-9-5-3-6-10-25)31-32-24(2)28-15-19-30(20-16-28)34-40(37,38)22-26-11-7-4-8-12-26/h3-20,33-34H,21-22H2,1-2H3/b31-23-,32-24-. The van der Waals surface area contributed by atoms with E-state index < -0.39 is 20.0 Å². The van der Waals surface area contributed by atoms with Gasteiger partial charge in [0.2, 0.25) is 20.0 Å². The summed E-state index contributed by atoms with van der Waals surface area (Å²) < 4.78 is 55.1. The van der Waals surface area contributed by atoms with E-state index in [0.29, 0.717) is 33.9 Å². The van der Waals surface area contributed by atoms with Crippen molar-refractivity contribution in [3.8, 4) is 0 Å². The van der Waals surface area contributed by atoms with Gasteiger partial charge in [-0.1, -0.05) is 84.9 Å². The molecule has 0 saturated heterocycles. The second kappa shape index (κ2) is 12.7. The van der Waals surface area contributed by atoms with Gasteiger partial charge >= 0.3 is 0 Å². The van der Waals surface area contributed by atoms with Gasteiger partial charge in [0.05, 0.1) is 22.9 Å². The minimum atomic E-state index is -3.54. The SMILES string of the molecule is C/C(=N/N=C(/C)c1ccc(NS(=O)(=O)Cc2ccccc2)cc1)c1ccc(NS(=O)(=O)Cc2ccccc2)cc1. The van der Waals surface area contributed by atoms with Crippen LogP contribution in [0.15, 0.2) is 119 Å². The van der Waals surface area contributed by atoms with Crippen LogP contribution < -0.4 is 9.44 Å². The lowest BCUT2D eigenvalue weighted by molar-refractivity contribution is 0.598. The van der Waals surface area contributed by atoms with Crippen LogP contribution in [0.3, 0.4) is 0 Å². The Morgan fingerprint density at radius 1 is 0.525 bits per heavy atom. The van der Waals surface area contributed by atoms with E-state index in [1.807, 2.05) is 26.0 Å². The highest BCUT2D eigenvalue weighted by molar-refractivity contribution is 7.92. The first kappa shape index (κ1) is 28.7. The van der Waals surface area contributed by atoms with Crippen molar-refractivity contribution >= 4 is 42.8 Å². The molecule has 0 unspecified atom stereocenters. The molecule has 10 heteroatoms. The number of sulfonamides is 2. The number of hydrogen-bond acceptors (Lipinski definition) is 6. The van der Waals surface area contributed by atoms with E-state index in [-0.39, 0.29) is 11.5 Å². The smallest absolute Gasteiger partial charge is 0.236 e. The zero-order chi connectivity index (χ0) is 28.6. The number of nitrogens with zero attached hydrogens (tertiary/aromatic N) is 2. The maximum Gasteiger partial charge on any atom is 0.236 e. The molecule has 0 spiro atoms. The van der Waals surface area contributed by atoms with E-state index in [1.165, 1.54) is 0 Å². The Labute approximate surface area is 235 Å². The number of anilines is 2.